The summed E-state index contributed by atoms with van der Waals surface area (Å²) in [7, 11) is 0. The van der Waals surface area contributed by atoms with E-state index in [4.69, 9.17) is 4.98 Å². The summed E-state index contributed by atoms with van der Waals surface area (Å²) >= 11 is 1.76. The molecule has 0 radical (unpaired) electrons. The molecule has 5 heteroatoms. The molecule has 0 saturated carbocycles. The second kappa shape index (κ2) is 5.89. The number of aliphatic hydroxyl groups excluding tert-OH is 1. The molecular weight excluding hydrogens is 282 g/mol. The first-order valence-corrected chi connectivity index (χ1v) is 8.55. The van der Waals surface area contributed by atoms with Gasteiger partial charge < -0.3 is 10.0 Å². The summed E-state index contributed by atoms with van der Waals surface area (Å²) in [6, 6.07) is 0.404. The molecule has 1 aliphatic rings. The molecule has 0 bridgehead atoms. The van der Waals surface area contributed by atoms with Crippen molar-refractivity contribution in [2.45, 2.75) is 52.5 Å². The summed E-state index contributed by atoms with van der Waals surface area (Å²) in [6.07, 6.45) is 4.42. The molecule has 1 unspecified atom stereocenters. The van der Waals surface area contributed by atoms with Gasteiger partial charge in [0, 0.05) is 24.1 Å². The highest BCUT2D eigenvalue weighted by atomic mass is 32.1. The smallest absolute Gasteiger partial charge is 0.141 e. The third-order valence-electron chi connectivity index (χ3n) is 4.48. The van der Waals surface area contributed by atoms with E-state index in [2.05, 4.69) is 23.7 Å². The van der Waals surface area contributed by atoms with Crippen molar-refractivity contribution in [3.05, 3.63) is 16.3 Å². The summed E-state index contributed by atoms with van der Waals surface area (Å²) in [4.78, 5) is 14.2. The summed E-state index contributed by atoms with van der Waals surface area (Å²) < 4.78 is 0. The maximum Gasteiger partial charge on any atom is 0.141 e. The van der Waals surface area contributed by atoms with Gasteiger partial charge in [0.15, 0.2) is 0 Å². The van der Waals surface area contributed by atoms with Gasteiger partial charge in [-0.1, -0.05) is 0 Å². The topological polar surface area (TPSA) is 49.2 Å². The van der Waals surface area contributed by atoms with Crippen LogP contribution in [0.4, 0.5) is 5.82 Å². The van der Waals surface area contributed by atoms with E-state index in [1.807, 2.05) is 6.92 Å². The van der Waals surface area contributed by atoms with E-state index in [9.17, 15) is 5.11 Å². The first-order valence-electron chi connectivity index (χ1n) is 7.73. The van der Waals surface area contributed by atoms with Crippen LogP contribution in [0.2, 0.25) is 0 Å². The third kappa shape index (κ3) is 2.64. The lowest BCUT2D eigenvalue weighted by atomic mass is 9.99. The van der Waals surface area contributed by atoms with E-state index in [-0.39, 0.29) is 6.61 Å². The number of rotatable bonds is 3. The maximum absolute atomic E-state index is 9.35. The van der Waals surface area contributed by atoms with Gasteiger partial charge in [0.05, 0.1) is 5.39 Å². The van der Waals surface area contributed by atoms with Crippen molar-refractivity contribution >= 4 is 27.4 Å². The first-order chi connectivity index (χ1) is 10.1. The van der Waals surface area contributed by atoms with Crippen molar-refractivity contribution in [1.29, 1.82) is 0 Å². The van der Waals surface area contributed by atoms with Crippen LogP contribution in [0.25, 0.3) is 10.2 Å². The van der Waals surface area contributed by atoms with Crippen molar-refractivity contribution in [3.8, 4) is 0 Å². The molecular formula is C16H23N3OS. The molecule has 4 nitrogen and oxygen atoms in total. The Morgan fingerprint density at radius 3 is 2.81 bits per heavy atom. The first kappa shape index (κ1) is 14.7. The molecule has 114 valence electrons. The van der Waals surface area contributed by atoms with Gasteiger partial charge in [-0.25, -0.2) is 9.97 Å². The lowest BCUT2D eigenvalue weighted by Gasteiger charge is -2.37. The predicted molar refractivity (Wildman–Crippen MR) is 88.3 cm³/mol. The van der Waals surface area contributed by atoms with Crippen molar-refractivity contribution in [2.75, 3.05) is 18.1 Å². The van der Waals surface area contributed by atoms with Crippen molar-refractivity contribution in [2.24, 2.45) is 0 Å². The van der Waals surface area contributed by atoms with E-state index < -0.39 is 0 Å². The van der Waals surface area contributed by atoms with Crippen LogP contribution in [0.5, 0.6) is 0 Å². The Morgan fingerprint density at radius 1 is 1.24 bits per heavy atom. The Balaban J connectivity index is 2.13. The number of aliphatic hydroxyl groups is 1. The number of nitrogens with zero attached hydrogens (tertiary/aromatic N) is 3. The molecule has 3 rings (SSSR count). The second-order valence-corrected chi connectivity index (χ2v) is 7.12. The molecule has 21 heavy (non-hydrogen) atoms. The zero-order chi connectivity index (χ0) is 15.0. The Hall–Kier alpha value is -1.20. The minimum atomic E-state index is 0.246. The fourth-order valence-corrected chi connectivity index (χ4v) is 4.34. The largest absolute Gasteiger partial charge is 0.396 e. The number of piperidine rings is 1. The van der Waals surface area contributed by atoms with Crippen LogP contribution in [-0.2, 0) is 0 Å². The van der Waals surface area contributed by atoms with Crippen LogP contribution < -0.4 is 4.90 Å². The monoisotopic (exact) mass is 305 g/mol. The molecule has 2 aromatic heterocycles. The van der Waals surface area contributed by atoms with Gasteiger partial charge in [-0.3, -0.25) is 0 Å². The highest BCUT2D eigenvalue weighted by molar-refractivity contribution is 7.18. The molecule has 0 aliphatic carbocycles. The quantitative estimate of drug-likeness (QED) is 0.944. The highest BCUT2D eigenvalue weighted by Crippen LogP contribution is 2.37. The van der Waals surface area contributed by atoms with Gasteiger partial charge in [-0.2, -0.15) is 0 Å². The number of aromatic nitrogens is 2. The standard InChI is InChI=1S/C16H23N3OS/c1-10-11(2)21-16-14(10)15(17-12(3)18-16)19-8-5-4-6-13(19)7-9-20/h13,20H,4-9H2,1-3H3. The fraction of sp³-hybridized carbons (Fsp3) is 0.625. The van der Waals surface area contributed by atoms with Crippen molar-refractivity contribution in [3.63, 3.8) is 0 Å². The normalized spacial score (nSPS) is 19.4. The molecule has 1 saturated heterocycles. The van der Waals surface area contributed by atoms with Gasteiger partial charge in [-0.15, -0.1) is 11.3 Å². The number of aryl methyl sites for hydroxylation is 3. The van der Waals surface area contributed by atoms with E-state index in [0.717, 1.165) is 35.9 Å². The molecule has 0 aromatic carbocycles. The van der Waals surface area contributed by atoms with E-state index >= 15 is 0 Å². The van der Waals surface area contributed by atoms with Crippen LogP contribution in [0.3, 0.4) is 0 Å². The maximum atomic E-state index is 9.35. The van der Waals surface area contributed by atoms with E-state index in [1.165, 1.54) is 28.7 Å². The molecule has 1 fully saturated rings. The zero-order valence-corrected chi connectivity index (χ0v) is 13.8. The molecule has 1 atom stereocenters. The average molecular weight is 305 g/mol. The molecule has 2 aromatic rings. The SMILES string of the molecule is Cc1nc(N2CCCCC2CCO)c2c(C)c(C)sc2n1. The minimum absolute atomic E-state index is 0.246. The number of fused-ring (bicyclic) bond motifs is 1. The summed E-state index contributed by atoms with van der Waals surface area (Å²) in [5.41, 5.74) is 1.30. The van der Waals surface area contributed by atoms with Crippen molar-refractivity contribution < 1.29 is 5.11 Å². The predicted octanol–water partition coefficient (Wildman–Crippen LogP) is 3.36. The van der Waals surface area contributed by atoms with Crippen LogP contribution in [0.15, 0.2) is 0 Å². The highest BCUT2D eigenvalue weighted by Gasteiger charge is 2.26. The van der Waals surface area contributed by atoms with Gasteiger partial charge in [0.2, 0.25) is 0 Å². The van der Waals surface area contributed by atoms with Gasteiger partial charge in [0.25, 0.3) is 0 Å². The fourth-order valence-electron chi connectivity index (χ4n) is 3.27. The number of thiophene rings is 1. The Labute approximate surface area is 129 Å². The van der Waals surface area contributed by atoms with Gasteiger partial charge in [-0.05, 0) is 52.0 Å². The van der Waals surface area contributed by atoms with Crippen LogP contribution in [-0.4, -0.2) is 34.3 Å². The van der Waals surface area contributed by atoms with Gasteiger partial charge in [0.1, 0.15) is 16.5 Å². The van der Waals surface area contributed by atoms with Crippen LogP contribution >= 0.6 is 11.3 Å². The summed E-state index contributed by atoms with van der Waals surface area (Å²) in [5, 5.41) is 10.6. The Morgan fingerprint density at radius 2 is 2.05 bits per heavy atom. The van der Waals surface area contributed by atoms with Crippen LogP contribution in [0.1, 0.15) is 41.9 Å². The number of hydrogen-bond donors (Lipinski definition) is 1. The van der Waals surface area contributed by atoms with E-state index in [0.29, 0.717) is 6.04 Å². The average Bonchev–Trinajstić information content (AvgIpc) is 2.74. The summed E-state index contributed by atoms with van der Waals surface area (Å²) in [5.74, 6) is 1.92. The summed E-state index contributed by atoms with van der Waals surface area (Å²) in [6.45, 7) is 7.57. The van der Waals surface area contributed by atoms with Gasteiger partial charge >= 0.3 is 0 Å². The lowest BCUT2D eigenvalue weighted by Crippen LogP contribution is -2.41. The third-order valence-corrected chi connectivity index (χ3v) is 5.58. The second-order valence-electron chi connectivity index (χ2n) is 5.91. The molecule has 1 N–H and O–H groups in total. The number of anilines is 1. The molecule has 1 aliphatic heterocycles. The Bertz CT molecular complexity index is 650. The van der Waals surface area contributed by atoms with E-state index in [1.54, 1.807) is 11.3 Å². The van der Waals surface area contributed by atoms with Crippen LogP contribution in [0, 0.1) is 20.8 Å². The molecule has 0 spiro atoms. The minimum Gasteiger partial charge on any atom is -0.396 e. The molecule has 3 heterocycles. The van der Waals surface area contributed by atoms with Crippen molar-refractivity contribution in [1.82, 2.24) is 9.97 Å². The lowest BCUT2D eigenvalue weighted by molar-refractivity contribution is 0.262. The molecule has 0 amide bonds. The zero-order valence-electron chi connectivity index (χ0n) is 13.0. The number of hydrogen-bond acceptors (Lipinski definition) is 5. The Kier molecular flexibility index (Phi) is 4.13.